The van der Waals surface area contributed by atoms with Crippen LogP contribution >= 0.6 is 0 Å². The van der Waals surface area contributed by atoms with E-state index in [2.05, 4.69) is 36.7 Å². The molecule has 1 aliphatic heterocycles. The van der Waals surface area contributed by atoms with Crippen molar-refractivity contribution in [1.29, 1.82) is 0 Å². The molecule has 1 amide bonds. The fourth-order valence-corrected chi connectivity index (χ4v) is 3.10. The van der Waals surface area contributed by atoms with Gasteiger partial charge in [0.05, 0.1) is 21.9 Å². The molecule has 0 bridgehead atoms. The maximum atomic E-state index is 11.6. The zero-order valence-corrected chi connectivity index (χ0v) is 15.0. The quantitative estimate of drug-likeness (QED) is 0.369. The molecule has 0 spiro atoms. The summed E-state index contributed by atoms with van der Waals surface area (Å²) in [6.07, 6.45) is 2.28. The molecule has 0 unspecified atom stereocenters. The van der Waals surface area contributed by atoms with E-state index in [1.54, 1.807) is 18.2 Å². The summed E-state index contributed by atoms with van der Waals surface area (Å²) < 4.78 is 0. The van der Waals surface area contributed by atoms with Gasteiger partial charge < -0.3 is 10.6 Å². The first kappa shape index (κ1) is 17.0. The van der Waals surface area contributed by atoms with Crippen LogP contribution in [0.15, 0.2) is 36.4 Å². The minimum Gasteiger partial charge on any atom is -0.334 e. The zero-order valence-electron chi connectivity index (χ0n) is 15.0. The molecule has 1 saturated carbocycles. The molecule has 3 heterocycles. The van der Waals surface area contributed by atoms with Gasteiger partial charge in [0.1, 0.15) is 11.6 Å². The lowest BCUT2D eigenvalue weighted by atomic mass is 10.1. The molecule has 2 aliphatic rings. The van der Waals surface area contributed by atoms with Crippen LogP contribution in [0.1, 0.15) is 34.8 Å². The summed E-state index contributed by atoms with van der Waals surface area (Å²) in [5, 5.41) is 24.6. The number of carbonyl (C=O) groups excluding carboxylic acids is 1. The average molecular weight is 391 g/mol. The second-order valence-electron chi connectivity index (χ2n) is 6.84. The number of pyridine rings is 1. The third-order valence-corrected chi connectivity index (χ3v) is 4.72. The van der Waals surface area contributed by atoms with E-state index < -0.39 is 4.92 Å². The van der Waals surface area contributed by atoms with E-state index in [0.29, 0.717) is 34.5 Å². The van der Waals surface area contributed by atoms with Crippen molar-refractivity contribution in [3.8, 4) is 0 Å². The molecule has 2 aromatic heterocycles. The minimum atomic E-state index is -0.509. The molecule has 11 heteroatoms. The number of carbonyl (C=O) groups is 1. The summed E-state index contributed by atoms with van der Waals surface area (Å²) in [7, 11) is 0. The van der Waals surface area contributed by atoms with Gasteiger partial charge in [-0.05, 0) is 37.1 Å². The number of aromatic amines is 1. The molecule has 0 atom stereocenters. The van der Waals surface area contributed by atoms with Crippen molar-refractivity contribution in [3.63, 3.8) is 0 Å². The maximum Gasteiger partial charge on any atom is 0.311 e. The SMILES string of the molecule is O=C1[N]Nc2cc(Nc3nc(Nc4cc(C5CC5)n[nH]4)ccc3[N+](=O)[O-])ccc21. The lowest BCUT2D eigenvalue weighted by Gasteiger charge is -2.10. The van der Waals surface area contributed by atoms with Gasteiger partial charge in [0, 0.05) is 23.7 Å². The lowest BCUT2D eigenvalue weighted by Crippen LogP contribution is -2.10. The van der Waals surface area contributed by atoms with Crippen molar-refractivity contribution < 1.29 is 9.72 Å². The molecule has 1 aromatic carbocycles. The fraction of sp³-hybridized carbons (Fsp3) is 0.167. The van der Waals surface area contributed by atoms with Gasteiger partial charge in [-0.25, -0.2) is 4.98 Å². The highest BCUT2D eigenvalue weighted by Gasteiger charge is 2.26. The van der Waals surface area contributed by atoms with Crippen LogP contribution in [0.3, 0.4) is 0 Å². The summed E-state index contributed by atoms with van der Waals surface area (Å²) in [5.41, 5.74) is 8.58. The molecular formula is C18H15N8O3. The molecule has 5 rings (SSSR count). The number of rotatable bonds is 6. The summed E-state index contributed by atoms with van der Waals surface area (Å²) >= 11 is 0. The fourth-order valence-electron chi connectivity index (χ4n) is 3.10. The second-order valence-corrected chi connectivity index (χ2v) is 6.84. The molecule has 3 aromatic rings. The lowest BCUT2D eigenvalue weighted by molar-refractivity contribution is -0.384. The normalized spacial score (nSPS) is 14.7. The Morgan fingerprint density at radius 1 is 1.14 bits per heavy atom. The molecule has 29 heavy (non-hydrogen) atoms. The Bertz CT molecular complexity index is 1140. The molecule has 0 saturated heterocycles. The maximum absolute atomic E-state index is 11.6. The number of benzene rings is 1. The van der Waals surface area contributed by atoms with Gasteiger partial charge in [0.15, 0.2) is 0 Å². The largest absolute Gasteiger partial charge is 0.334 e. The highest BCUT2D eigenvalue weighted by atomic mass is 16.6. The number of nitrogens with one attached hydrogen (secondary N) is 4. The van der Waals surface area contributed by atoms with Gasteiger partial charge in [-0.1, -0.05) is 0 Å². The van der Waals surface area contributed by atoms with Crippen LogP contribution in [0.4, 0.5) is 34.5 Å². The number of anilines is 5. The van der Waals surface area contributed by atoms with E-state index in [0.717, 1.165) is 18.5 Å². The highest BCUT2D eigenvalue weighted by Crippen LogP contribution is 2.39. The number of amides is 1. The van der Waals surface area contributed by atoms with Crippen LogP contribution in [0.2, 0.25) is 0 Å². The van der Waals surface area contributed by atoms with Crippen molar-refractivity contribution in [2.75, 3.05) is 16.1 Å². The van der Waals surface area contributed by atoms with Crippen molar-refractivity contribution in [3.05, 3.63) is 57.8 Å². The zero-order chi connectivity index (χ0) is 20.0. The second kappa shape index (κ2) is 6.48. The summed E-state index contributed by atoms with van der Waals surface area (Å²) in [6, 6.07) is 9.71. The number of nitro groups is 1. The number of H-pyrrole nitrogens is 1. The molecule has 11 nitrogen and oxygen atoms in total. The van der Waals surface area contributed by atoms with E-state index in [4.69, 9.17) is 0 Å². The number of hydrogen-bond acceptors (Lipinski definition) is 8. The van der Waals surface area contributed by atoms with Crippen molar-refractivity contribution >= 4 is 40.4 Å². The first-order chi connectivity index (χ1) is 14.1. The first-order valence-electron chi connectivity index (χ1n) is 8.97. The Hall–Kier alpha value is -4.15. The molecule has 4 N–H and O–H groups in total. The average Bonchev–Trinajstić information content (AvgIpc) is 3.35. The minimum absolute atomic E-state index is 0.0724. The Kier molecular flexibility index (Phi) is 3.79. The Labute approximate surface area is 164 Å². The van der Waals surface area contributed by atoms with Crippen molar-refractivity contribution in [2.24, 2.45) is 0 Å². The third kappa shape index (κ3) is 3.29. The van der Waals surface area contributed by atoms with Gasteiger partial charge in [-0.2, -0.15) is 5.10 Å². The summed E-state index contributed by atoms with van der Waals surface area (Å²) in [5.74, 6) is 1.32. The topological polar surface area (TPSA) is 152 Å². The van der Waals surface area contributed by atoms with Gasteiger partial charge in [-0.3, -0.25) is 25.4 Å². The predicted molar refractivity (Wildman–Crippen MR) is 105 cm³/mol. The summed E-state index contributed by atoms with van der Waals surface area (Å²) in [4.78, 5) is 26.8. The smallest absolute Gasteiger partial charge is 0.311 e. The van der Waals surface area contributed by atoms with Crippen LogP contribution in [0.25, 0.3) is 0 Å². The van der Waals surface area contributed by atoms with E-state index in [1.165, 1.54) is 12.1 Å². The summed E-state index contributed by atoms with van der Waals surface area (Å²) in [6.45, 7) is 0. The van der Waals surface area contributed by atoms with Gasteiger partial charge in [-0.15, -0.1) is 5.43 Å². The Morgan fingerprint density at radius 3 is 2.79 bits per heavy atom. The van der Waals surface area contributed by atoms with E-state index >= 15 is 0 Å². The Morgan fingerprint density at radius 2 is 2.00 bits per heavy atom. The van der Waals surface area contributed by atoms with E-state index in [-0.39, 0.29) is 17.4 Å². The number of aromatic nitrogens is 3. The standard InChI is InChI=1S/C18H15N8O3/c27-18-11-4-3-10(7-13(11)23-25-18)19-17-14(26(28)29)5-6-15(21-17)20-16-8-12(22-24-16)9-1-2-9/h3-9,23H,1-2H2,(H3,19,20,21,22,24). The number of nitrogens with zero attached hydrogens (tertiary/aromatic N) is 4. The Balaban J connectivity index is 1.42. The van der Waals surface area contributed by atoms with Crippen LogP contribution < -0.4 is 21.5 Å². The molecular weight excluding hydrogens is 376 g/mol. The predicted octanol–water partition coefficient (Wildman–Crippen LogP) is 3.16. The van der Waals surface area contributed by atoms with Crippen LogP contribution in [0.5, 0.6) is 0 Å². The van der Waals surface area contributed by atoms with Gasteiger partial charge >= 0.3 is 5.69 Å². The molecule has 145 valence electrons. The number of fused-ring (bicyclic) bond motifs is 1. The molecule has 1 radical (unpaired) electrons. The molecule has 1 aliphatic carbocycles. The van der Waals surface area contributed by atoms with Crippen LogP contribution in [0, 0.1) is 10.1 Å². The van der Waals surface area contributed by atoms with Crippen molar-refractivity contribution in [2.45, 2.75) is 18.8 Å². The first-order valence-corrected chi connectivity index (χ1v) is 8.97. The van der Waals surface area contributed by atoms with Gasteiger partial charge in [0.2, 0.25) is 5.82 Å². The monoisotopic (exact) mass is 391 g/mol. The number of hydrogen-bond donors (Lipinski definition) is 4. The van der Waals surface area contributed by atoms with E-state index in [9.17, 15) is 14.9 Å². The van der Waals surface area contributed by atoms with Gasteiger partial charge in [0.25, 0.3) is 5.91 Å². The van der Waals surface area contributed by atoms with Crippen LogP contribution in [-0.4, -0.2) is 26.0 Å². The van der Waals surface area contributed by atoms with Crippen molar-refractivity contribution in [1.82, 2.24) is 20.6 Å². The van der Waals surface area contributed by atoms with E-state index in [1.807, 2.05) is 6.07 Å². The van der Waals surface area contributed by atoms with Crippen LogP contribution in [-0.2, 0) is 0 Å². The highest BCUT2D eigenvalue weighted by molar-refractivity contribution is 6.04. The molecule has 1 fully saturated rings. The third-order valence-electron chi connectivity index (χ3n) is 4.72.